The third-order valence-electron chi connectivity index (χ3n) is 1.77. The first-order valence-electron chi connectivity index (χ1n) is 3.71. The van der Waals surface area contributed by atoms with Crippen LogP contribution in [-0.2, 0) is 0 Å². The smallest absolute Gasteiger partial charge is 0.254 e. The Morgan fingerprint density at radius 1 is 1.20 bits per heavy atom. The zero-order valence-corrected chi connectivity index (χ0v) is 7.61. The van der Waals surface area contributed by atoms with Crippen LogP contribution in [0, 0.1) is 17.5 Å². The Balaban J connectivity index is 3.68. The van der Waals surface area contributed by atoms with Crippen molar-refractivity contribution in [1.29, 1.82) is 0 Å². The van der Waals surface area contributed by atoms with Gasteiger partial charge in [-0.15, -0.1) is 0 Å². The molecular weight excluding hydrogens is 213 g/mol. The predicted molar refractivity (Wildman–Crippen MR) is 45.8 cm³/mol. The minimum atomic E-state index is -1.60. The van der Waals surface area contributed by atoms with Gasteiger partial charge in [-0.25, -0.2) is 8.78 Å². The number of methoxy groups -OCH3 is 1. The fraction of sp³-hybridized carbons (Fsp3) is 0.125. The lowest BCUT2D eigenvalue weighted by molar-refractivity contribution is 0.0996. The van der Waals surface area contributed by atoms with Crippen LogP contribution >= 0.6 is 0 Å². The summed E-state index contributed by atoms with van der Waals surface area (Å²) in [6.45, 7) is 0. The molecule has 15 heavy (non-hydrogen) atoms. The van der Waals surface area contributed by atoms with Crippen LogP contribution in [0.5, 0.6) is 5.75 Å². The lowest BCUT2D eigenvalue weighted by atomic mass is 10.1. The SMILES string of the molecule is COc1c(F)c(F)c(N)c(C(N)=O)c1F. The van der Waals surface area contributed by atoms with E-state index in [4.69, 9.17) is 11.5 Å². The van der Waals surface area contributed by atoms with Gasteiger partial charge in [0.25, 0.3) is 5.91 Å². The number of hydrogen-bond acceptors (Lipinski definition) is 3. The van der Waals surface area contributed by atoms with Crippen LogP contribution in [0.4, 0.5) is 18.9 Å². The minimum absolute atomic E-state index is 0.919. The summed E-state index contributed by atoms with van der Waals surface area (Å²) in [7, 11) is 0.919. The fourth-order valence-electron chi connectivity index (χ4n) is 1.08. The standard InChI is InChI=1S/C8H7F3N2O2/c1-15-7-3(9)2(8(13)14)6(12)4(10)5(7)11/h12H2,1H3,(H2,13,14). The van der Waals surface area contributed by atoms with Gasteiger partial charge in [-0.1, -0.05) is 0 Å². The number of primary amides is 1. The lowest BCUT2D eigenvalue weighted by Crippen LogP contribution is -2.18. The average Bonchev–Trinajstić information content (AvgIpc) is 2.15. The quantitative estimate of drug-likeness (QED) is 0.571. The van der Waals surface area contributed by atoms with Crippen molar-refractivity contribution in [3.05, 3.63) is 23.0 Å². The molecule has 0 fully saturated rings. The molecule has 7 heteroatoms. The van der Waals surface area contributed by atoms with E-state index in [1.54, 1.807) is 0 Å². The van der Waals surface area contributed by atoms with E-state index < -0.39 is 40.4 Å². The number of carbonyl (C=O) groups excluding carboxylic acids is 1. The number of carbonyl (C=O) groups is 1. The zero-order valence-electron chi connectivity index (χ0n) is 7.61. The molecule has 0 aliphatic heterocycles. The normalized spacial score (nSPS) is 10.1. The molecule has 0 aromatic heterocycles. The first kappa shape index (κ1) is 11.2. The lowest BCUT2D eigenvalue weighted by Gasteiger charge is -2.10. The van der Waals surface area contributed by atoms with E-state index in [9.17, 15) is 18.0 Å². The van der Waals surface area contributed by atoms with Crippen LogP contribution in [0.3, 0.4) is 0 Å². The molecule has 0 spiro atoms. The predicted octanol–water partition coefficient (Wildman–Crippen LogP) is 0.794. The van der Waals surface area contributed by atoms with Crippen molar-refractivity contribution in [2.45, 2.75) is 0 Å². The molecule has 4 N–H and O–H groups in total. The van der Waals surface area contributed by atoms with Crippen molar-refractivity contribution < 1.29 is 22.7 Å². The molecule has 1 aromatic carbocycles. The van der Waals surface area contributed by atoms with Gasteiger partial charge in [0, 0.05) is 0 Å². The summed E-state index contributed by atoms with van der Waals surface area (Å²) in [6, 6.07) is 0. The summed E-state index contributed by atoms with van der Waals surface area (Å²) in [5, 5.41) is 0. The number of hydrogen-bond donors (Lipinski definition) is 2. The second-order valence-corrected chi connectivity index (χ2v) is 2.63. The Hall–Kier alpha value is -1.92. The maximum absolute atomic E-state index is 13.3. The maximum atomic E-state index is 13.3. The molecule has 0 heterocycles. The first-order valence-corrected chi connectivity index (χ1v) is 3.71. The van der Waals surface area contributed by atoms with E-state index in [-0.39, 0.29) is 0 Å². The summed E-state index contributed by atoms with van der Waals surface area (Å²) < 4.78 is 43.6. The molecule has 0 saturated carbocycles. The van der Waals surface area contributed by atoms with Gasteiger partial charge in [0.1, 0.15) is 5.56 Å². The highest BCUT2D eigenvalue weighted by atomic mass is 19.2. The monoisotopic (exact) mass is 220 g/mol. The number of rotatable bonds is 2. The highest BCUT2D eigenvalue weighted by molar-refractivity contribution is 5.98. The summed E-state index contributed by atoms with van der Waals surface area (Å²) in [4.78, 5) is 10.7. The average molecular weight is 220 g/mol. The van der Waals surface area contributed by atoms with Crippen molar-refractivity contribution in [2.75, 3.05) is 12.8 Å². The van der Waals surface area contributed by atoms with Crippen molar-refractivity contribution in [2.24, 2.45) is 5.73 Å². The molecule has 0 radical (unpaired) electrons. The third-order valence-corrected chi connectivity index (χ3v) is 1.77. The van der Waals surface area contributed by atoms with Gasteiger partial charge in [-0.05, 0) is 0 Å². The number of ether oxygens (including phenoxy) is 1. The molecule has 1 aromatic rings. The van der Waals surface area contributed by atoms with Crippen LogP contribution in [0.2, 0.25) is 0 Å². The van der Waals surface area contributed by atoms with E-state index in [0.29, 0.717) is 0 Å². The van der Waals surface area contributed by atoms with Crippen LogP contribution in [0.1, 0.15) is 10.4 Å². The van der Waals surface area contributed by atoms with Gasteiger partial charge in [-0.3, -0.25) is 4.79 Å². The van der Waals surface area contributed by atoms with E-state index in [0.717, 1.165) is 7.11 Å². The summed E-state index contributed by atoms with van der Waals surface area (Å²) in [5.41, 5.74) is 7.85. The van der Waals surface area contributed by atoms with Crippen LogP contribution in [0.15, 0.2) is 0 Å². The highest BCUT2D eigenvalue weighted by Gasteiger charge is 2.26. The summed E-state index contributed by atoms with van der Waals surface area (Å²) in [5.74, 6) is -6.92. The second kappa shape index (κ2) is 3.68. The van der Waals surface area contributed by atoms with Gasteiger partial charge in [-0.2, -0.15) is 4.39 Å². The van der Waals surface area contributed by atoms with Gasteiger partial charge in [0.05, 0.1) is 12.8 Å². The number of halogens is 3. The summed E-state index contributed by atoms with van der Waals surface area (Å²) >= 11 is 0. The van der Waals surface area contributed by atoms with Crippen LogP contribution in [0.25, 0.3) is 0 Å². The Bertz CT molecular complexity index is 435. The second-order valence-electron chi connectivity index (χ2n) is 2.63. The van der Waals surface area contributed by atoms with Crippen LogP contribution < -0.4 is 16.2 Å². The van der Waals surface area contributed by atoms with Crippen molar-refractivity contribution in [3.63, 3.8) is 0 Å². The Morgan fingerprint density at radius 2 is 1.73 bits per heavy atom. The maximum Gasteiger partial charge on any atom is 0.254 e. The van der Waals surface area contributed by atoms with E-state index in [1.807, 2.05) is 0 Å². The summed E-state index contributed by atoms with van der Waals surface area (Å²) in [6.07, 6.45) is 0. The molecular formula is C8H7F3N2O2. The Kier molecular flexibility index (Phi) is 2.74. The number of nitrogens with two attached hydrogens (primary N) is 2. The van der Waals surface area contributed by atoms with Crippen molar-refractivity contribution in [1.82, 2.24) is 0 Å². The van der Waals surface area contributed by atoms with Gasteiger partial charge in [0.15, 0.2) is 17.4 Å². The largest absolute Gasteiger partial charge is 0.491 e. The van der Waals surface area contributed by atoms with Gasteiger partial charge in [0.2, 0.25) is 5.82 Å². The van der Waals surface area contributed by atoms with E-state index in [1.165, 1.54) is 0 Å². The number of benzene rings is 1. The van der Waals surface area contributed by atoms with Crippen molar-refractivity contribution in [3.8, 4) is 5.75 Å². The molecule has 1 rings (SSSR count). The molecule has 0 atom stereocenters. The van der Waals surface area contributed by atoms with Gasteiger partial charge < -0.3 is 16.2 Å². The first-order chi connectivity index (χ1) is 6.91. The van der Waals surface area contributed by atoms with Crippen molar-refractivity contribution >= 4 is 11.6 Å². The highest BCUT2D eigenvalue weighted by Crippen LogP contribution is 2.31. The molecule has 0 unspecified atom stereocenters. The molecule has 0 bridgehead atoms. The molecule has 4 nitrogen and oxygen atoms in total. The molecule has 82 valence electrons. The molecule has 1 amide bonds. The number of anilines is 1. The molecule has 0 aliphatic carbocycles. The molecule has 0 saturated heterocycles. The topological polar surface area (TPSA) is 78.3 Å². The Morgan fingerprint density at radius 3 is 2.13 bits per heavy atom. The number of amides is 1. The van der Waals surface area contributed by atoms with E-state index >= 15 is 0 Å². The number of nitrogen functional groups attached to an aromatic ring is 1. The van der Waals surface area contributed by atoms with Gasteiger partial charge >= 0.3 is 0 Å². The molecule has 0 aliphatic rings. The van der Waals surface area contributed by atoms with Crippen LogP contribution in [-0.4, -0.2) is 13.0 Å². The minimum Gasteiger partial charge on any atom is -0.491 e. The zero-order chi connectivity index (χ0) is 11.7. The Labute approximate surface area is 82.6 Å². The fourth-order valence-corrected chi connectivity index (χ4v) is 1.08. The van der Waals surface area contributed by atoms with E-state index in [2.05, 4.69) is 4.74 Å². The third kappa shape index (κ3) is 1.56.